The minimum atomic E-state index is -1.95. The smallest absolute Gasteiger partial charge is 0.258 e. The summed E-state index contributed by atoms with van der Waals surface area (Å²) >= 11 is 6.29. The van der Waals surface area contributed by atoms with Gasteiger partial charge < -0.3 is 22.8 Å². The number of halogens is 2. The van der Waals surface area contributed by atoms with E-state index in [2.05, 4.69) is 34.6 Å². The average molecular weight is 442 g/mol. The summed E-state index contributed by atoms with van der Waals surface area (Å²) in [5.74, 6) is -0.538. The fourth-order valence-electron chi connectivity index (χ4n) is 2.45. The lowest BCUT2D eigenvalue weighted by Gasteiger charge is -2.21. The largest absolute Gasteiger partial charge is 0.484 e. The van der Waals surface area contributed by atoms with Gasteiger partial charge in [-0.2, -0.15) is 0 Å². The van der Waals surface area contributed by atoms with E-state index in [-0.39, 0.29) is 30.2 Å². The van der Waals surface area contributed by atoms with Crippen LogP contribution >= 0.6 is 11.6 Å². The molecule has 0 saturated carbocycles. The first-order valence-electron chi connectivity index (χ1n) is 8.76. The van der Waals surface area contributed by atoms with Gasteiger partial charge in [0, 0.05) is 18.7 Å². The van der Waals surface area contributed by atoms with Crippen molar-refractivity contribution in [3.63, 3.8) is 0 Å². The van der Waals surface area contributed by atoms with Crippen LogP contribution in [0.3, 0.4) is 0 Å². The molecule has 29 heavy (non-hydrogen) atoms. The van der Waals surface area contributed by atoms with Crippen LogP contribution in [0.25, 0.3) is 0 Å². The number of hydrogen-bond donors (Lipinski definition) is 1. The van der Waals surface area contributed by atoms with Gasteiger partial charge in [0.15, 0.2) is 6.61 Å². The van der Waals surface area contributed by atoms with Crippen molar-refractivity contribution in [2.75, 3.05) is 13.7 Å². The third-order valence-electron chi connectivity index (χ3n) is 3.94. The molecule has 0 heterocycles. The lowest BCUT2D eigenvalue weighted by Crippen LogP contribution is -2.28. The summed E-state index contributed by atoms with van der Waals surface area (Å²) in [4.78, 5) is 12.0. The maximum Gasteiger partial charge on any atom is 0.258 e. The van der Waals surface area contributed by atoms with Gasteiger partial charge in [-0.25, -0.2) is 4.39 Å². The number of hydrogen-bond acceptors (Lipinski definition) is 6. The van der Waals surface area contributed by atoms with Crippen LogP contribution in [0.2, 0.25) is 5.02 Å². The Morgan fingerprint density at radius 3 is 2.55 bits per heavy atom. The molecule has 0 aliphatic carbocycles. The van der Waals surface area contributed by atoms with Crippen LogP contribution in [0.1, 0.15) is 31.9 Å². The van der Waals surface area contributed by atoms with E-state index in [1.165, 1.54) is 19.2 Å². The molecule has 0 unspecified atom stereocenters. The number of amides is 1. The molecule has 1 N–H and O–H groups in total. The van der Waals surface area contributed by atoms with Gasteiger partial charge in [-0.1, -0.05) is 55.4 Å². The summed E-state index contributed by atoms with van der Waals surface area (Å²) in [5.41, 5.74) is 1.33. The Morgan fingerprint density at radius 2 is 1.97 bits per heavy atom. The van der Waals surface area contributed by atoms with Crippen LogP contribution in [0.5, 0.6) is 5.75 Å². The SMILES string of the molecule is CO[S-](=O)=Nc1ccc(CNC(=O)COc2ccc(C(C)(C)C)c(Cl)c2)cc1F. The van der Waals surface area contributed by atoms with Crippen LogP contribution < -0.4 is 10.1 Å². The highest BCUT2D eigenvalue weighted by Gasteiger charge is 2.17. The highest BCUT2D eigenvalue weighted by Crippen LogP contribution is 2.32. The van der Waals surface area contributed by atoms with E-state index in [0.717, 1.165) is 5.56 Å². The number of carbonyl (C=O) groups is 1. The second kappa shape index (κ2) is 10.0. The first-order valence-corrected chi connectivity index (χ1v) is 10.2. The summed E-state index contributed by atoms with van der Waals surface area (Å²) in [6.07, 6.45) is 0. The fraction of sp³-hybridized carbons (Fsp3) is 0.350. The minimum absolute atomic E-state index is 0.0841. The van der Waals surface area contributed by atoms with E-state index in [4.69, 9.17) is 16.3 Å². The Hall–Kier alpha value is -2.16. The summed E-state index contributed by atoms with van der Waals surface area (Å²) in [6.45, 7) is 6.08. The van der Waals surface area contributed by atoms with Crippen molar-refractivity contribution in [3.05, 3.63) is 58.4 Å². The molecule has 0 fully saturated rings. The number of rotatable bonds is 7. The molecule has 0 spiro atoms. The van der Waals surface area contributed by atoms with Crippen LogP contribution in [-0.2, 0) is 36.0 Å². The maximum absolute atomic E-state index is 14.0. The molecule has 158 valence electrons. The lowest BCUT2D eigenvalue weighted by molar-refractivity contribution is -0.123. The van der Waals surface area contributed by atoms with Gasteiger partial charge in [0.05, 0.1) is 5.69 Å². The molecule has 0 radical (unpaired) electrons. The molecule has 0 bridgehead atoms. The summed E-state index contributed by atoms with van der Waals surface area (Å²) in [7, 11) is -0.741. The first kappa shape index (κ1) is 23.1. The Morgan fingerprint density at radius 1 is 1.24 bits per heavy atom. The number of carbonyl (C=O) groups excluding carboxylic acids is 1. The zero-order valence-electron chi connectivity index (χ0n) is 16.6. The molecule has 0 saturated heterocycles. The Bertz CT molecular complexity index is 969. The minimum Gasteiger partial charge on any atom is -0.484 e. The second-order valence-electron chi connectivity index (χ2n) is 7.22. The van der Waals surface area contributed by atoms with Crippen molar-refractivity contribution in [1.82, 2.24) is 5.32 Å². The molecule has 0 aliphatic rings. The van der Waals surface area contributed by atoms with E-state index in [1.807, 2.05) is 6.07 Å². The van der Waals surface area contributed by atoms with E-state index in [0.29, 0.717) is 16.3 Å². The summed E-state index contributed by atoms with van der Waals surface area (Å²) in [6, 6.07) is 9.46. The van der Waals surface area contributed by atoms with E-state index in [1.54, 1.807) is 18.2 Å². The summed E-state index contributed by atoms with van der Waals surface area (Å²) in [5, 5.41) is 3.21. The van der Waals surface area contributed by atoms with Crippen molar-refractivity contribution >= 4 is 34.1 Å². The first-order chi connectivity index (χ1) is 13.6. The van der Waals surface area contributed by atoms with Gasteiger partial charge in [0.25, 0.3) is 5.91 Å². The third kappa shape index (κ3) is 6.99. The molecule has 0 aromatic heterocycles. The molecule has 9 heteroatoms. The molecule has 2 aromatic carbocycles. The van der Waals surface area contributed by atoms with Gasteiger partial charge in [-0.05, 0) is 40.8 Å². The topological polar surface area (TPSA) is 77.0 Å². The van der Waals surface area contributed by atoms with Gasteiger partial charge in [0.1, 0.15) is 11.6 Å². The van der Waals surface area contributed by atoms with Gasteiger partial charge in [-0.15, -0.1) is 0 Å². The summed E-state index contributed by atoms with van der Waals surface area (Å²) < 4.78 is 38.7. The van der Waals surface area contributed by atoms with Crippen molar-refractivity contribution < 1.29 is 22.3 Å². The average Bonchev–Trinajstić information content (AvgIpc) is 2.65. The number of nitrogens with one attached hydrogen (secondary N) is 1. The lowest BCUT2D eigenvalue weighted by atomic mass is 9.87. The van der Waals surface area contributed by atoms with Crippen molar-refractivity contribution in [2.24, 2.45) is 4.36 Å². The third-order valence-corrected chi connectivity index (χ3v) is 4.88. The fourth-order valence-corrected chi connectivity index (χ4v) is 3.28. The predicted octanol–water partition coefficient (Wildman–Crippen LogP) is 4.81. The standard InChI is InChI=1S/C20H23ClFN2O4S/c1-20(2,3)15-7-6-14(10-16(15)21)28-12-19(25)23-11-13-5-8-18(17(22)9-13)24-29(26)27-4/h5-10H,11-12H2,1-4H3,(H,23,25)/q-1. The predicted molar refractivity (Wildman–Crippen MR) is 111 cm³/mol. The molecule has 0 aliphatic heterocycles. The van der Waals surface area contributed by atoms with Crippen molar-refractivity contribution in [3.8, 4) is 5.75 Å². The van der Waals surface area contributed by atoms with Crippen molar-refractivity contribution in [2.45, 2.75) is 32.7 Å². The maximum atomic E-state index is 14.0. The normalized spacial score (nSPS) is 12.6. The van der Waals surface area contributed by atoms with Crippen LogP contribution in [0, 0.1) is 5.82 Å². The molecule has 0 atom stereocenters. The second-order valence-corrected chi connectivity index (χ2v) is 8.58. The quantitative estimate of drug-likeness (QED) is 0.625. The van der Waals surface area contributed by atoms with Crippen LogP contribution in [0.4, 0.5) is 10.1 Å². The van der Waals surface area contributed by atoms with Crippen molar-refractivity contribution in [1.29, 1.82) is 0 Å². The molecule has 2 aromatic rings. The molecule has 6 nitrogen and oxygen atoms in total. The van der Waals surface area contributed by atoms with E-state index < -0.39 is 16.7 Å². The Kier molecular flexibility index (Phi) is 8.01. The highest BCUT2D eigenvalue weighted by atomic mass is 35.5. The molecule has 2 rings (SSSR count). The van der Waals surface area contributed by atoms with E-state index >= 15 is 0 Å². The zero-order chi connectivity index (χ0) is 21.6. The Labute approximate surface area is 176 Å². The molecular weight excluding hydrogens is 419 g/mol. The number of nitrogens with zero attached hydrogens (tertiary/aromatic N) is 1. The number of benzene rings is 2. The number of ether oxygens (including phenoxy) is 1. The van der Waals surface area contributed by atoms with Gasteiger partial charge >= 0.3 is 0 Å². The molecular formula is C20H23ClFN2O4S-. The van der Waals surface area contributed by atoms with Gasteiger partial charge in [-0.3, -0.25) is 4.79 Å². The van der Waals surface area contributed by atoms with Crippen LogP contribution in [-0.4, -0.2) is 19.6 Å². The van der Waals surface area contributed by atoms with Gasteiger partial charge in [0.2, 0.25) is 0 Å². The Balaban J connectivity index is 1.90. The highest BCUT2D eigenvalue weighted by molar-refractivity contribution is 7.69. The van der Waals surface area contributed by atoms with Crippen LogP contribution in [0.15, 0.2) is 40.8 Å². The molecule has 1 amide bonds. The van der Waals surface area contributed by atoms with E-state index in [9.17, 15) is 13.4 Å². The monoisotopic (exact) mass is 441 g/mol. The zero-order valence-corrected chi connectivity index (χ0v) is 18.2.